The molecule has 1 atom stereocenters. The summed E-state index contributed by atoms with van der Waals surface area (Å²) in [7, 11) is 2.09. The number of carbonyl (C=O) groups is 1. The highest BCUT2D eigenvalue weighted by Crippen LogP contribution is 2.44. The van der Waals surface area contributed by atoms with Crippen LogP contribution in [0.15, 0.2) is 41.1 Å². The Balaban J connectivity index is 1.64. The highest BCUT2D eigenvalue weighted by molar-refractivity contribution is 5.91. The van der Waals surface area contributed by atoms with Gasteiger partial charge in [0.25, 0.3) is 5.91 Å². The number of hydrogen-bond donors (Lipinski definition) is 0. The van der Waals surface area contributed by atoms with E-state index in [4.69, 9.17) is 4.42 Å². The Bertz CT molecular complexity index is 683. The largest absolute Gasteiger partial charge is 0.459 e. The van der Waals surface area contributed by atoms with Crippen LogP contribution in [0.4, 0.5) is 5.69 Å². The predicted molar refractivity (Wildman–Crippen MR) is 78.4 cm³/mol. The number of aromatic nitrogens is 1. The summed E-state index contributed by atoms with van der Waals surface area (Å²) in [5.41, 5.74) is 2.28. The minimum Gasteiger partial charge on any atom is -0.459 e. The molecule has 1 fully saturated rings. The molecule has 0 aromatic carbocycles. The summed E-state index contributed by atoms with van der Waals surface area (Å²) in [6.07, 6.45) is 4.34. The van der Waals surface area contributed by atoms with Crippen molar-refractivity contribution in [1.29, 1.82) is 0 Å². The number of fused-ring (bicyclic) bond motifs is 2. The van der Waals surface area contributed by atoms with Crippen molar-refractivity contribution >= 4 is 11.6 Å². The summed E-state index contributed by atoms with van der Waals surface area (Å²) in [6.45, 7) is 2.38. The van der Waals surface area contributed by atoms with Crippen molar-refractivity contribution in [2.75, 3.05) is 31.6 Å². The van der Waals surface area contributed by atoms with Gasteiger partial charge in [0, 0.05) is 32.9 Å². The van der Waals surface area contributed by atoms with E-state index in [1.807, 2.05) is 17.2 Å². The van der Waals surface area contributed by atoms with E-state index >= 15 is 0 Å². The fraction of sp³-hybridized carbons (Fsp3) is 0.375. The summed E-state index contributed by atoms with van der Waals surface area (Å²) in [6, 6.07) is 7.54. The molecule has 0 aliphatic carbocycles. The van der Waals surface area contributed by atoms with E-state index < -0.39 is 0 Å². The van der Waals surface area contributed by atoms with Crippen LogP contribution >= 0.6 is 0 Å². The maximum atomic E-state index is 12.4. The first kappa shape index (κ1) is 12.4. The van der Waals surface area contributed by atoms with Gasteiger partial charge in [0.1, 0.15) is 0 Å². The van der Waals surface area contributed by atoms with Gasteiger partial charge in [0.15, 0.2) is 5.76 Å². The number of carbonyl (C=O) groups excluding carboxylic acids is 1. The van der Waals surface area contributed by atoms with Gasteiger partial charge >= 0.3 is 0 Å². The van der Waals surface area contributed by atoms with Gasteiger partial charge in [-0.2, -0.15) is 0 Å². The van der Waals surface area contributed by atoms with E-state index in [0.717, 1.165) is 25.2 Å². The van der Waals surface area contributed by atoms with Crippen molar-refractivity contribution in [3.8, 4) is 0 Å². The molecular weight excluding hydrogens is 266 g/mol. The highest BCUT2D eigenvalue weighted by atomic mass is 16.3. The third-order valence-corrected chi connectivity index (χ3v) is 4.61. The molecule has 2 aliphatic heterocycles. The van der Waals surface area contributed by atoms with Crippen LogP contribution in [0.3, 0.4) is 0 Å². The molecule has 1 saturated heterocycles. The zero-order chi connectivity index (χ0) is 14.4. The Hall–Kier alpha value is -2.30. The number of nitrogens with zero attached hydrogens (tertiary/aromatic N) is 3. The Labute approximate surface area is 123 Å². The maximum absolute atomic E-state index is 12.4. The molecule has 5 heteroatoms. The van der Waals surface area contributed by atoms with Crippen LogP contribution in [0.1, 0.15) is 22.7 Å². The zero-order valence-corrected chi connectivity index (χ0v) is 12.0. The summed E-state index contributed by atoms with van der Waals surface area (Å²) in [4.78, 5) is 21.2. The Morgan fingerprint density at radius 2 is 2.24 bits per heavy atom. The van der Waals surface area contributed by atoms with E-state index in [1.54, 1.807) is 18.4 Å². The van der Waals surface area contributed by atoms with Gasteiger partial charge in [0.05, 0.1) is 23.1 Å². The SMILES string of the molecule is CN1C[C@@]2(CCN(C(=O)c3ccco3)C2)c2ncccc21. The average molecular weight is 283 g/mol. The van der Waals surface area contributed by atoms with Crippen LogP contribution in [0.5, 0.6) is 0 Å². The van der Waals surface area contributed by atoms with Crippen LogP contribution in [-0.2, 0) is 5.41 Å². The molecular formula is C16H17N3O2. The van der Waals surface area contributed by atoms with Crippen LogP contribution < -0.4 is 4.90 Å². The van der Waals surface area contributed by atoms with Gasteiger partial charge in [-0.1, -0.05) is 0 Å². The van der Waals surface area contributed by atoms with Crippen LogP contribution in [0, 0.1) is 0 Å². The lowest BCUT2D eigenvalue weighted by molar-refractivity contribution is 0.0752. The summed E-state index contributed by atoms with van der Waals surface area (Å²) in [5, 5.41) is 0. The summed E-state index contributed by atoms with van der Waals surface area (Å²) >= 11 is 0. The second-order valence-corrected chi connectivity index (χ2v) is 5.96. The number of amides is 1. The Morgan fingerprint density at radius 3 is 3.05 bits per heavy atom. The molecule has 0 bridgehead atoms. The lowest BCUT2D eigenvalue weighted by Gasteiger charge is -2.24. The van der Waals surface area contributed by atoms with E-state index in [2.05, 4.69) is 23.0 Å². The van der Waals surface area contributed by atoms with Gasteiger partial charge < -0.3 is 14.2 Å². The minimum absolute atomic E-state index is 0.0242. The second-order valence-electron chi connectivity index (χ2n) is 5.96. The highest BCUT2D eigenvalue weighted by Gasteiger charge is 2.48. The molecule has 0 N–H and O–H groups in total. The number of likely N-dealkylation sites (N-methyl/N-ethyl adjacent to an activating group) is 1. The first-order chi connectivity index (χ1) is 10.2. The number of anilines is 1. The quantitative estimate of drug-likeness (QED) is 0.802. The smallest absolute Gasteiger partial charge is 0.289 e. The fourth-order valence-corrected chi connectivity index (χ4v) is 3.65. The molecule has 108 valence electrons. The maximum Gasteiger partial charge on any atom is 0.289 e. The number of hydrogen-bond acceptors (Lipinski definition) is 4. The van der Waals surface area contributed by atoms with E-state index in [9.17, 15) is 4.79 Å². The van der Waals surface area contributed by atoms with E-state index in [0.29, 0.717) is 12.3 Å². The molecule has 4 heterocycles. The topological polar surface area (TPSA) is 49.6 Å². The average Bonchev–Trinajstić information content (AvgIpc) is 3.21. The van der Waals surface area contributed by atoms with Crippen molar-refractivity contribution in [2.45, 2.75) is 11.8 Å². The number of likely N-dealkylation sites (tertiary alicyclic amines) is 1. The molecule has 0 radical (unpaired) electrons. The summed E-state index contributed by atoms with van der Waals surface area (Å²) in [5.74, 6) is 0.392. The van der Waals surface area contributed by atoms with Crippen molar-refractivity contribution in [1.82, 2.24) is 9.88 Å². The molecule has 0 saturated carbocycles. The molecule has 2 aromatic rings. The number of rotatable bonds is 1. The van der Waals surface area contributed by atoms with Crippen LogP contribution in [-0.4, -0.2) is 42.5 Å². The molecule has 5 nitrogen and oxygen atoms in total. The van der Waals surface area contributed by atoms with E-state index in [-0.39, 0.29) is 11.3 Å². The van der Waals surface area contributed by atoms with Crippen LogP contribution in [0.25, 0.3) is 0 Å². The standard InChI is InChI=1S/C16H17N3O2/c1-18-10-16(14-12(18)4-2-7-17-14)6-8-19(11-16)15(20)13-5-3-9-21-13/h2-5,7,9H,6,8,10-11H2,1H3/t16-/m1/s1. The van der Waals surface area contributed by atoms with Crippen molar-refractivity contribution in [3.05, 3.63) is 48.2 Å². The van der Waals surface area contributed by atoms with Gasteiger partial charge in [-0.05, 0) is 30.7 Å². The molecule has 1 amide bonds. The van der Waals surface area contributed by atoms with Gasteiger partial charge in [-0.3, -0.25) is 9.78 Å². The monoisotopic (exact) mass is 283 g/mol. The van der Waals surface area contributed by atoms with Gasteiger partial charge in [-0.25, -0.2) is 0 Å². The molecule has 2 aromatic heterocycles. The molecule has 2 aliphatic rings. The molecule has 0 unspecified atom stereocenters. The Morgan fingerprint density at radius 1 is 1.33 bits per heavy atom. The Kier molecular flexibility index (Phi) is 2.58. The second kappa shape index (κ2) is 4.35. The molecule has 1 spiro atoms. The number of pyridine rings is 1. The predicted octanol–water partition coefficient (Wildman–Crippen LogP) is 1.91. The fourth-order valence-electron chi connectivity index (χ4n) is 3.65. The van der Waals surface area contributed by atoms with Crippen molar-refractivity contribution in [2.24, 2.45) is 0 Å². The summed E-state index contributed by atoms with van der Waals surface area (Å²) < 4.78 is 5.23. The lowest BCUT2D eigenvalue weighted by Crippen LogP contribution is -2.37. The lowest BCUT2D eigenvalue weighted by atomic mass is 9.85. The molecule has 21 heavy (non-hydrogen) atoms. The third-order valence-electron chi connectivity index (χ3n) is 4.61. The van der Waals surface area contributed by atoms with Gasteiger partial charge in [0.2, 0.25) is 0 Å². The normalized spacial score (nSPS) is 23.9. The minimum atomic E-state index is -0.0341. The first-order valence-corrected chi connectivity index (χ1v) is 7.19. The van der Waals surface area contributed by atoms with Crippen molar-refractivity contribution < 1.29 is 9.21 Å². The number of furan rings is 1. The third kappa shape index (κ3) is 1.77. The van der Waals surface area contributed by atoms with Crippen molar-refractivity contribution in [3.63, 3.8) is 0 Å². The van der Waals surface area contributed by atoms with Crippen LogP contribution in [0.2, 0.25) is 0 Å². The van der Waals surface area contributed by atoms with E-state index in [1.165, 1.54) is 5.69 Å². The molecule has 4 rings (SSSR count). The first-order valence-electron chi connectivity index (χ1n) is 7.19. The zero-order valence-electron chi connectivity index (χ0n) is 12.0. The van der Waals surface area contributed by atoms with Gasteiger partial charge in [-0.15, -0.1) is 0 Å².